The normalized spacial score (nSPS) is 28.1. The second-order valence-electron chi connectivity index (χ2n) is 3.16. The molecule has 0 saturated carbocycles. The fourth-order valence-corrected chi connectivity index (χ4v) is 0.727. The Balaban J connectivity index is 2.37. The van der Waals surface area contributed by atoms with Crippen molar-refractivity contribution in [3.63, 3.8) is 0 Å². The molecule has 1 aliphatic heterocycles. The Hall–Kier alpha value is -0.0400. The average Bonchev–Trinajstić information content (AvgIpc) is 2.44. The molecule has 0 aromatic heterocycles. The second kappa shape index (κ2) is 1.73. The van der Waals surface area contributed by atoms with Gasteiger partial charge in [-0.25, -0.2) is 0 Å². The van der Waals surface area contributed by atoms with E-state index in [-0.39, 0.29) is 0 Å². The van der Waals surface area contributed by atoms with Gasteiger partial charge in [0.2, 0.25) is 0 Å². The third kappa shape index (κ3) is 1.03. The molecule has 0 amide bonds. The quantitative estimate of drug-likeness (QED) is 0.499. The molecule has 0 aromatic carbocycles. The van der Waals surface area contributed by atoms with Crippen molar-refractivity contribution in [2.45, 2.75) is 33.3 Å². The van der Waals surface area contributed by atoms with E-state index >= 15 is 0 Å². The third-order valence-corrected chi connectivity index (χ3v) is 2.12. The van der Waals surface area contributed by atoms with Crippen molar-refractivity contribution in [3.8, 4) is 0 Å². The van der Waals surface area contributed by atoms with Gasteiger partial charge in [-0.1, -0.05) is 20.8 Å². The molecular weight excluding hydrogens is 100 g/mol. The van der Waals surface area contributed by atoms with E-state index in [0.29, 0.717) is 11.5 Å². The van der Waals surface area contributed by atoms with Crippen LogP contribution in [-0.2, 0) is 4.74 Å². The van der Waals surface area contributed by atoms with Crippen LogP contribution in [0.25, 0.3) is 0 Å². The van der Waals surface area contributed by atoms with Gasteiger partial charge < -0.3 is 4.74 Å². The smallest absolute Gasteiger partial charge is 0.0860 e. The maximum absolute atomic E-state index is 5.16. The first-order valence-corrected chi connectivity index (χ1v) is 3.28. The first-order valence-electron chi connectivity index (χ1n) is 3.28. The summed E-state index contributed by atoms with van der Waals surface area (Å²) in [6, 6.07) is 0. The van der Waals surface area contributed by atoms with Gasteiger partial charge in [0.05, 0.1) is 12.7 Å². The molecule has 8 heavy (non-hydrogen) atoms. The summed E-state index contributed by atoms with van der Waals surface area (Å²) in [6.45, 7) is 7.71. The fraction of sp³-hybridized carbons (Fsp3) is 1.00. The van der Waals surface area contributed by atoms with Crippen molar-refractivity contribution in [2.75, 3.05) is 6.61 Å². The van der Waals surface area contributed by atoms with Crippen LogP contribution in [0.5, 0.6) is 0 Å². The van der Waals surface area contributed by atoms with Crippen LogP contribution in [0.4, 0.5) is 0 Å². The van der Waals surface area contributed by atoms with Gasteiger partial charge >= 0.3 is 0 Å². The van der Waals surface area contributed by atoms with Gasteiger partial charge in [-0.15, -0.1) is 0 Å². The number of hydrogen-bond acceptors (Lipinski definition) is 1. The van der Waals surface area contributed by atoms with Crippen LogP contribution in [0, 0.1) is 5.41 Å². The van der Waals surface area contributed by atoms with Crippen molar-refractivity contribution < 1.29 is 4.74 Å². The molecule has 1 heterocycles. The summed E-state index contributed by atoms with van der Waals surface area (Å²) in [5.74, 6) is 0. The molecule has 0 radical (unpaired) electrons. The summed E-state index contributed by atoms with van der Waals surface area (Å²) in [4.78, 5) is 0. The Labute approximate surface area is 51.0 Å². The molecule has 0 bridgehead atoms. The minimum Gasteiger partial charge on any atom is -0.373 e. The number of rotatable bonds is 2. The highest BCUT2D eigenvalue weighted by molar-refractivity contribution is 4.85. The van der Waals surface area contributed by atoms with E-state index in [4.69, 9.17) is 4.74 Å². The van der Waals surface area contributed by atoms with Crippen molar-refractivity contribution in [1.29, 1.82) is 0 Å². The Morgan fingerprint density at radius 2 is 2.12 bits per heavy atom. The summed E-state index contributed by atoms with van der Waals surface area (Å²) < 4.78 is 5.16. The number of epoxide rings is 1. The van der Waals surface area contributed by atoms with Gasteiger partial charge in [-0.2, -0.15) is 0 Å². The molecule has 48 valence electrons. The highest BCUT2D eigenvalue weighted by Crippen LogP contribution is 2.34. The van der Waals surface area contributed by atoms with Gasteiger partial charge in [0.1, 0.15) is 0 Å². The van der Waals surface area contributed by atoms with Crippen LogP contribution in [0.3, 0.4) is 0 Å². The lowest BCUT2D eigenvalue weighted by molar-refractivity contribution is 0.235. The van der Waals surface area contributed by atoms with Gasteiger partial charge in [-0.05, 0) is 11.8 Å². The second-order valence-corrected chi connectivity index (χ2v) is 3.16. The summed E-state index contributed by atoms with van der Waals surface area (Å²) in [7, 11) is 0. The number of hydrogen-bond donors (Lipinski definition) is 0. The Morgan fingerprint density at radius 1 is 1.62 bits per heavy atom. The van der Waals surface area contributed by atoms with Gasteiger partial charge in [0.25, 0.3) is 0 Å². The molecule has 1 aliphatic rings. The predicted octanol–water partition coefficient (Wildman–Crippen LogP) is 1.82. The molecule has 1 nitrogen and oxygen atoms in total. The lowest BCUT2D eigenvalue weighted by atomic mass is 9.87. The van der Waals surface area contributed by atoms with Crippen LogP contribution in [-0.4, -0.2) is 12.7 Å². The lowest BCUT2D eigenvalue weighted by Crippen LogP contribution is -2.17. The van der Waals surface area contributed by atoms with Crippen LogP contribution >= 0.6 is 0 Å². The molecule has 0 spiro atoms. The van der Waals surface area contributed by atoms with E-state index in [9.17, 15) is 0 Å². The standard InChI is InChI=1S/C7H14O/c1-4-7(2,3)6-5-8-6/h6H,4-5H2,1-3H3/t6-/m1/s1. The predicted molar refractivity (Wildman–Crippen MR) is 33.8 cm³/mol. The molecule has 0 N–H and O–H groups in total. The van der Waals surface area contributed by atoms with Gasteiger partial charge in [0, 0.05) is 0 Å². The third-order valence-electron chi connectivity index (χ3n) is 2.12. The zero-order valence-corrected chi connectivity index (χ0v) is 5.90. The van der Waals surface area contributed by atoms with Crippen molar-refractivity contribution >= 4 is 0 Å². The van der Waals surface area contributed by atoms with E-state index in [0.717, 1.165) is 6.61 Å². The topological polar surface area (TPSA) is 12.5 Å². The molecular formula is C7H14O. The molecule has 1 atom stereocenters. The SMILES string of the molecule is CCC(C)(C)[C@H]1CO1. The first kappa shape index (κ1) is 6.09. The van der Waals surface area contributed by atoms with Crippen LogP contribution in [0.1, 0.15) is 27.2 Å². The fourth-order valence-electron chi connectivity index (χ4n) is 0.727. The van der Waals surface area contributed by atoms with E-state index in [2.05, 4.69) is 20.8 Å². The Kier molecular flexibility index (Phi) is 1.31. The average molecular weight is 114 g/mol. The molecule has 1 heteroatoms. The maximum Gasteiger partial charge on any atom is 0.0860 e. The summed E-state index contributed by atoms with van der Waals surface area (Å²) in [5, 5.41) is 0. The maximum atomic E-state index is 5.16. The zero-order valence-electron chi connectivity index (χ0n) is 5.90. The summed E-state index contributed by atoms with van der Waals surface area (Å²) in [5.41, 5.74) is 0.431. The Morgan fingerprint density at radius 3 is 2.25 bits per heavy atom. The minimum atomic E-state index is 0.431. The van der Waals surface area contributed by atoms with Crippen molar-refractivity contribution in [1.82, 2.24) is 0 Å². The van der Waals surface area contributed by atoms with E-state index in [1.807, 2.05) is 0 Å². The molecule has 1 saturated heterocycles. The molecule has 1 fully saturated rings. The van der Waals surface area contributed by atoms with E-state index in [1.165, 1.54) is 6.42 Å². The largest absolute Gasteiger partial charge is 0.373 e. The first-order chi connectivity index (χ1) is 3.67. The van der Waals surface area contributed by atoms with Crippen LogP contribution in [0.15, 0.2) is 0 Å². The van der Waals surface area contributed by atoms with E-state index < -0.39 is 0 Å². The molecule has 1 rings (SSSR count). The van der Waals surface area contributed by atoms with E-state index in [1.54, 1.807) is 0 Å². The molecule has 0 unspecified atom stereocenters. The van der Waals surface area contributed by atoms with Gasteiger partial charge in [0.15, 0.2) is 0 Å². The Bertz CT molecular complexity index is 82.4. The van der Waals surface area contributed by atoms with Gasteiger partial charge in [-0.3, -0.25) is 0 Å². The number of ether oxygens (including phenoxy) is 1. The molecule has 0 aliphatic carbocycles. The van der Waals surface area contributed by atoms with Crippen LogP contribution < -0.4 is 0 Å². The zero-order chi connectivity index (χ0) is 6.20. The highest BCUT2D eigenvalue weighted by Gasteiger charge is 2.37. The van der Waals surface area contributed by atoms with Crippen molar-refractivity contribution in [2.24, 2.45) is 5.41 Å². The van der Waals surface area contributed by atoms with Crippen molar-refractivity contribution in [3.05, 3.63) is 0 Å². The molecule has 0 aromatic rings. The monoisotopic (exact) mass is 114 g/mol. The lowest BCUT2D eigenvalue weighted by Gasteiger charge is -2.18. The summed E-state index contributed by atoms with van der Waals surface area (Å²) >= 11 is 0. The highest BCUT2D eigenvalue weighted by atomic mass is 16.6. The van der Waals surface area contributed by atoms with Crippen LogP contribution in [0.2, 0.25) is 0 Å². The summed E-state index contributed by atoms with van der Waals surface area (Å²) in [6.07, 6.45) is 1.78. The minimum absolute atomic E-state index is 0.431.